The first-order chi connectivity index (χ1) is 2.41. The van der Waals surface area contributed by atoms with E-state index in [0.717, 1.165) is 0 Å². The molecule has 0 nitrogen and oxygen atoms in total. The number of halogens is 1. The maximum atomic E-state index is 3.37. The Balaban J connectivity index is 2.93. The summed E-state index contributed by atoms with van der Waals surface area (Å²) in [5.74, 6) is 0. The Morgan fingerprint density at radius 1 is 2.00 bits per heavy atom. The normalized spacial score (nSPS) is 4.20. The fourth-order valence-corrected chi connectivity index (χ4v) is 0.850. The summed E-state index contributed by atoms with van der Waals surface area (Å²) >= 11 is 3.22. The Kier molecular flexibility index (Phi) is 5.50. The molecular formula is C3H3BrMg. The van der Waals surface area contributed by atoms with Crippen molar-refractivity contribution in [1.82, 2.24) is 0 Å². The highest BCUT2D eigenvalue weighted by Crippen LogP contribution is 1.69. The number of rotatable bonds is 1. The molecule has 0 radical (unpaired) electrons. The zero-order valence-corrected chi connectivity index (χ0v) is 5.87. The third-order valence-corrected chi connectivity index (χ3v) is 1.64. The van der Waals surface area contributed by atoms with E-state index >= 15 is 0 Å². The maximum Gasteiger partial charge on any atom is 0.507 e. The molecule has 0 aliphatic heterocycles. The Hall–Kier alpha value is 0.766. The van der Waals surface area contributed by atoms with Gasteiger partial charge in [-0.15, -0.1) is 4.21 Å². The SMILES string of the molecule is C=C=[CH][Mg][Br]. The van der Waals surface area contributed by atoms with Crippen LogP contribution < -0.4 is 0 Å². The summed E-state index contributed by atoms with van der Waals surface area (Å²) in [7, 11) is 0. The van der Waals surface area contributed by atoms with Crippen LogP contribution in [-0.2, 0) is 0 Å². The zero-order chi connectivity index (χ0) is 4.12. The Bertz CT molecular complexity index is 53.9. The van der Waals surface area contributed by atoms with Crippen molar-refractivity contribution in [2.45, 2.75) is 0 Å². The van der Waals surface area contributed by atoms with E-state index in [1.54, 1.807) is 0 Å². The van der Waals surface area contributed by atoms with Crippen LogP contribution in [0.5, 0.6) is 0 Å². The van der Waals surface area contributed by atoms with Crippen LogP contribution in [0.1, 0.15) is 0 Å². The van der Waals surface area contributed by atoms with Crippen LogP contribution in [0.2, 0.25) is 0 Å². The monoisotopic (exact) mass is 142 g/mol. The molecule has 0 aromatic carbocycles. The molecule has 0 aliphatic carbocycles. The summed E-state index contributed by atoms with van der Waals surface area (Å²) in [6, 6.07) is 0. The Morgan fingerprint density at radius 2 is 2.60 bits per heavy atom. The minimum atomic E-state index is -0.0721. The van der Waals surface area contributed by atoms with Gasteiger partial charge < -0.3 is 0 Å². The van der Waals surface area contributed by atoms with Crippen LogP contribution in [0.15, 0.2) is 16.5 Å². The minimum Gasteiger partial charge on any atom is -0.296 e. The van der Waals surface area contributed by atoms with Crippen molar-refractivity contribution in [1.29, 1.82) is 0 Å². The van der Waals surface area contributed by atoms with Gasteiger partial charge in [-0.25, -0.2) is 0 Å². The van der Waals surface area contributed by atoms with E-state index in [9.17, 15) is 0 Å². The molecule has 0 aliphatic rings. The smallest absolute Gasteiger partial charge is 0.296 e. The molecular weight excluding hydrogens is 140 g/mol. The molecule has 5 heavy (non-hydrogen) atoms. The van der Waals surface area contributed by atoms with E-state index in [-0.39, 0.29) is 18.2 Å². The summed E-state index contributed by atoms with van der Waals surface area (Å²) in [6.45, 7) is 3.37. The van der Waals surface area contributed by atoms with Gasteiger partial charge in [0.25, 0.3) is 0 Å². The molecule has 0 aromatic heterocycles. The summed E-state index contributed by atoms with van der Waals surface area (Å²) in [6.07, 6.45) is 0. The van der Waals surface area contributed by atoms with Crippen molar-refractivity contribution in [3.63, 3.8) is 0 Å². The van der Waals surface area contributed by atoms with E-state index < -0.39 is 0 Å². The van der Waals surface area contributed by atoms with Crippen LogP contribution in [-0.4, -0.2) is 18.2 Å². The second-order valence-electron chi connectivity index (χ2n) is 0.563. The zero-order valence-electron chi connectivity index (χ0n) is 2.87. The van der Waals surface area contributed by atoms with Gasteiger partial charge in [0.05, 0.1) is 0 Å². The fourth-order valence-electron chi connectivity index (χ4n) is 0.0546. The molecule has 0 spiro atoms. The molecule has 0 aromatic rings. The van der Waals surface area contributed by atoms with Crippen molar-refractivity contribution < 1.29 is 0 Å². The first-order valence-electron chi connectivity index (χ1n) is 1.32. The lowest BCUT2D eigenvalue weighted by Crippen LogP contribution is -1.54. The Labute approximate surface area is 47.5 Å². The molecule has 0 rings (SSSR count). The summed E-state index contributed by atoms with van der Waals surface area (Å²) < 4.78 is 1.94. The van der Waals surface area contributed by atoms with E-state index in [1.165, 1.54) is 0 Å². The molecule has 0 heterocycles. The first-order valence-corrected chi connectivity index (χ1v) is 6.03. The van der Waals surface area contributed by atoms with Crippen LogP contribution in [0, 0.1) is 0 Å². The standard InChI is InChI=1S/C3H3.BrH.Mg/c1-3-2;;/h1H,2H2;1H;/q;;+1/p-1. The van der Waals surface area contributed by atoms with Crippen molar-refractivity contribution in [2.24, 2.45) is 0 Å². The predicted molar refractivity (Wildman–Crippen MR) is 28.4 cm³/mol. The maximum absolute atomic E-state index is 3.37. The van der Waals surface area contributed by atoms with Crippen LogP contribution in [0.4, 0.5) is 0 Å². The van der Waals surface area contributed by atoms with Gasteiger partial charge in [-0.3, -0.25) is 12.9 Å². The summed E-state index contributed by atoms with van der Waals surface area (Å²) in [4.78, 5) is 0. The van der Waals surface area contributed by atoms with Gasteiger partial charge in [0.1, 0.15) is 0 Å². The number of hydrogen-bond acceptors (Lipinski definition) is 0. The van der Waals surface area contributed by atoms with Crippen molar-refractivity contribution in [3.05, 3.63) is 16.5 Å². The topological polar surface area (TPSA) is 0 Å². The van der Waals surface area contributed by atoms with Crippen molar-refractivity contribution >= 4 is 31.1 Å². The second kappa shape index (κ2) is 4.77. The molecule has 0 unspecified atom stereocenters. The third kappa shape index (κ3) is 4.77. The van der Waals surface area contributed by atoms with Gasteiger partial charge in [-0.2, -0.15) is 5.73 Å². The molecule has 2 heteroatoms. The van der Waals surface area contributed by atoms with Gasteiger partial charge in [0.2, 0.25) is 0 Å². The molecule has 0 saturated carbocycles. The van der Waals surface area contributed by atoms with Gasteiger partial charge in [-0.1, -0.05) is 6.58 Å². The minimum absolute atomic E-state index is 0.0721. The summed E-state index contributed by atoms with van der Waals surface area (Å²) in [5.41, 5.74) is 2.66. The number of hydrogen-bond donors (Lipinski definition) is 0. The molecule has 0 atom stereocenters. The van der Waals surface area contributed by atoms with Gasteiger partial charge >= 0.3 is 18.2 Å². The average molecular weight is 143 g/mol. The highest BCUT2D eigenvalue weighted by atomic mass is 79.9. The van der Waals surface area contributed by atoms with Gasteiger partial charge in [-0.05, 0) is 0 Å². The van der Waals surface area contributed by atoms with Crippen LogP contribution in [0.25, 0.3) is 0 Å². The van der Waals surface area contributed by atoms with Crippen LogP contribution >= 0.6 is 12.9 Å². The first kappa shape index (κ1) is 5.77. The van der Waals surface area contributed by atoms with Gasteiger partial charge in [0, 0.05) is 0 Å². The van der Waals surface area contributed by atoms with Crippen LogP contribution in [0.3, 0.4) is 0 Å². The van der Waals surface area contributed by atoms with E-state index in [2.05, 4.69) is 25.2 Å². The average Bonchev–Trinajstić information content (AvgIpc) is 1.41. The molecule has 0 amide bonds. The third-order valence-electron chi connectivity index (χ3n) is 0.221. The Morgan fingerprint density at radius 3 is 2.60 bits per heavy atom. The van der Waals surface area contributed by atoms with Crippen molar-refractivity contribution in [3.8, 4) is 0 Å². The highest BCUT2D eigenvalue weighted by molar-refractivity contribution is 9.23. The summed E-state index contributed by atoms with van der Waals surface area (Å²) in [5, 5.41) is 0. The molecule has 0 N–H and O–H groups in total. The highest BCUT2D eigenvalue weighted by Gasteiger charge is 1.68. The molecule has 0 fully saturated rings. The molecule has 24 valence electrons. The predicted octanol–water partition coefficient (Wildman–Crippen LogP) is 1.30. The second-order valence-corrected chi connectivity index (χ2v) is 3.22. The lowest BCUT2D eigenvalue weighted by molar-refractivity contribution is 2.42. The van der Waals surface area contributed by atoms with E-state index in [1.807, 2.05) is 4.21 Å². The lowest BCUT2D eigenvalue weighted by Gasteiger charge is -1.50. The molecule has 0 bridgehead atoms. The van der Waals surface area contributed by atoms with Crippen molar-refractivity contribution in [2.75, 3.05) is 0 Å². The largest absolute Gasteiger partial charge is 0.507 e. The van der Waals surface area contributed by atoms with E-state index in [4.69, 9.17) is 0 Å². The van der Waals surface area contributed by atoms with E-state index in [0.29, 0.717) is 0 Å². The lowest BCUT2D eigenvalue weighted by atomic mass is 11.0. The molecule has 0 saturated heterocycles. The quantitative estimate of drug-likeness (QED) is 0.383. The fraction of sp³-hybridized carbons (Fsp3) is 0. The van der Waals surface area contributed by atoms with Gasteiger partial charge in [0.15, 0.2) is 0 Å².